The maximum absolute atomic E-state index is 10.5. The largest absolute Gasteiger partial charge is 0.307 e. The molecular formula is C11H13N7O. The average molecular weight is 259 g/mol. The number of hydrogen-bond acceptors (Lipinski definition) is 7. The van der Waals surface area contributed by atoms with Crippen LogP contribution in [0.3, 0.4) is 0 Å². The fourth-order valence-electron chi connectivity index (χ4n) is 2.10. The Morgan fingerprint density at radius 2 is 2.32 bits per heavy atom. The smallest absolute Gasteiger partial charge is 0.197 e. The molecule has 98 valence electrons. The summed E-state index contributed by atoms with van der Waals surface area (Å²) in [7, 11) is 0. The maximum Gasteiger partial charge on any atom is 0.197 e. The second-order valence-corrected chi connectivity index (χ2v) is 4.30. The van der Waals surface area contributed by atoms with Crippen LogP contribution < -0.4 is 10.9 Å². The third-order valence-electron chi connectivity index (χ3n) is 3.00. The first-order valence-electron chi connectivity index (χ1n) is 6.02. The summed E-state index contributed by atoms with van der Waals surface area (Å²) in [5, 5.41) is 11.2. The van der Waals surface area contributed by atoms with E-state index in [1.807, 2.05) is 11.5 Å². The van der Waals surface area contributed by atoms with Crippen LogP contribution in [-0.4, -0.2) is 26.3 Å². The van der Waals surface area contributed by atoms with Gasteiger partial charge in [0.2, 0.25) is 0 Å². The number of nitrogens with one attached hydrogen (secondary N) is 2. The number of hydrogen-bond donors (Lipinski definition) is 2. The minimum absolute atomic E-state index is 0.0520. The first-order chi connectivity index (χ1) is 9.29. The Morgan fingerprint density at radius 3 is 3.16 bits per heavy atom. The van der Waals surface area contributed by atoms with Crippen molar-refractivity contribution >= 4 is 5.82 Å². The van der Waals surface area contributed by atoms with Crippen molar-refractivity contribution in [1.29, 1.82) is 0 Å². The Balaban J connectivity index is 2.08. The molecule has 3 rings (SSSR count). The highest BCUT2D eigenvalue weighted by Crippen LogP contribution is 2.22. The van der Waals surface area contributed by atoms with Gasteiger partial charge in [0.1, 0.15) is 5.69 Å². The van der Waals surface area contributed by atoms with Gasteiger partial charge >= 0.3 is 0 Å². The Kier molecular flexibility index (Phi) is 3.02. The molecule has 0 radical (unpaired) electrons. The zero-order valence-electron chi connectivity index (χ0n) is 10.4. The lowest BCUT2D eigenvalue weighted by Crippen LogP contribution is -2.33. The summed E-state index contributed by atoms with van der Waals surface area (Å²) in [6, 6.07) is 5.14. The van der Waals surface area contributed by atoms with Crippen molar-refractivity contribution in [3.05, 3.63) is 28.9 Å². The lowest BCUT2D eigenvalue weighted by Gasteiger charge is -2.09. The van der Waals surface area contributed by atoms with E-state index >= 15 is 0 Å². The molecule has 8 heteroatoms. The zero-order chi connectivity index (χ0) is 13.2. The fraction of sp³-hybridized carbons (Fsp3) is 0.364. The predicted molar refractivity (Wildman–Crippen MR) is 68.3 cm³/mol. The van der Waals surface area contributed by atoms with Crippen LogP contribution in [0.2, 0.25) is 0 Å². The van der Waals surface area contributed by atoms with Gasteiger partial charge < -0.3 is 4.57 Å². The maximum atomic E-state index is 10.5. The molecule has 0 aliphatic carbocycles. The van der Waals surface area contributed by atoms with Gasteiger partial charge in [0.05, 0.1) is 6.04 Å². The van der Waals surface area contributed by atoms with Crippen molar-refractivity contribution in [1.82, 2.24) is 30.6 Å². The van der Waals surface area contributed by atoms with Gasteiger partial charge in [0.25, 0.3) is 0 Å². The monoisotopic (exact) mass is 259 g/mol. The van der Waals surface area contributed by atoms with Gasteiger partial charge in [0.15, 0.2) is 17.5 Å². The molecule has 2 aromatic heterocycles. The summed E-state index contributed by atoms with van der Waals surface area (Å²) in [5.41, 5.74) is 6.83. The molecule has 0 amide bonds. The quantitative estimate of drug-likeness (QED) is 0.778. The molecular weight excluding hydrogens is 246 g/mol. The van der Waals surface area contributed by atoms with Crippen molar-refractivity contribution in [3.63, 3.8) is 0 Å². The van der Waals surface area contributed by atoms with Crippen LogP contribution in [0.4, 0.5) is 5.82 Å². The molecule has 1 aliphatic heterocycles. The van der Waals surface area contributed by atoms with E-state index in [0.29, 0.717) is 11.5 Å². The lowest BCUT2D eigenvalue weighted by atomic mass is 10.3. The number of nitroso groups, excluding NO2 is 1. The normalized spacial score (nSPS) is 18.7. The average Bonchev–Trinajstić information content (AvgIpc) is 2.79. The van der Waals surface area contributed by atoms with E-state index in [9.17, 15) is 4.91 Å². The summed E-state index contributed by atoms with van der Waals surface area (Å²) in [6.45, 7) is 3.49. The molecule has 8 nitrogen and oxygen atoms in total. The summed E-state index contributed by atoms with van der Waals surface area (Å²) in [4.78, 5) is 14.7. The van der Waals surface area contributed by atoms with E-state index in [0.717, 1.165) is 18.9 Å². The molecule has 0 aromatic carbocycles. The number of hydrazine groups is 1. The molecule has 0 saturated heterocycles. The third-order valence-corrected chi connectivity index (χ3v) is 3.00. The molecule has 0 spiro atoms. The fourth-order valence-corrected chi connectivity index (χ4v) is 2.10. The van der Waals surface area contributed by atoms with Gasteiger partial charge in [-0.1, -0.05) is 6.07 Å². The highest BCUT2D eigenvalue weighted by molar-refractivity contribution is 5.52. The van der Waals surface area contributed by atoms with Crippen LogP contribution in [0.5, 0.6) is 0 Å². The first-order valence-corrected chi connectivity index (χ1v) is 6.02. The minimum Gasteiger partial charge on any atom is -0.307 e. The topological polar surface area (TPSA) is 97.1 Å². The number of aromatic nitrogens is 4. The highest BCUT2D eigenvalue weighted by atomic mass is 16.3. The SMILES string of the molecule is C[C@H]1NNCCn2c(-c3cccc(N=O)n3)nnc21. The van der Waals surface area contributed by atoms with Gasteiger partial charge in [-0.2, -0.15) is 0 Å². The van der Waals surface area contributed by atoms with Crippen LogP contribution in [0.1, 0.15) is 18.8 Å². The second kappa shape index (κ2) is 4.82. The van der Waals surface area contributed by atoms with Gasteiger partial charge in [-0.3, -0.25) is 5.43 Å². The van der Waals surface area contributed by atoms with E-state index in [-0.39, 0.29) is 11.9 Å². The summed E-state index contributed by atoms with van der Waals surface area (Å²) >= 11 is 0. The Hall–Kier alpha value is -2.19. The molecule has 1 aliphatic rings. The summed E-state index contributed by atoms with van der Waals surface area (Å²) < 4.78 is 1.99. The van der Waals surface area contributed by atoms with Crippen molar-refractivity contribution < 1.29 is 0 Å². The van der Waals surface area contributed by atoms with E-state index < -0.39 is 0 Å². The summed E-state index contributed by atoms with van der Waals surface area (Å²) in [5.74, 6) is 1.64. The molecule has 0 unspecified atom stereocenters. The first kappa shape index (κ1) is 11.9. The van der Waals surface area contributed by atoms with Crippen LogP contribution >= 0.6 is 0 Å². The number of rotatable bonds is 2. The second-order valence-electron chi connectivity index (χ2n) is 4.30. The minimum atomic E-state index is 0.0520. The number of nitrogens with zero attached hydrogens (tertiary/aromatic N) is 5. The number of fused-ring (bicyclic) bond motifs is 1. The van der Waals surface area contributed by atoms with Crippen LogP contribution in [0.25, 0.3) is 11.5 Å². The van der Waals surface area contributed by atoms with Crippen LogP contribution in [0, 0.1) is 4.91 Å². The molecule has 0 saturated carbocycles. The number of pyridine rings is 1. The van der Waals surface area contributed by atoms with Crippen LogP contribution in [-0.2, 0) is 6.54 Å². The molecule has 1 atom stereocenters. The molecule has 3 heterocycles. The van der Waals surface area contributed by atoms with Gasteiger partial charge in [-0.15, -0.1) is 15.1 Å². The van der Waals surface area contributed by atoms with Gasteiger partial charge in [0, 0.05) is 13.1 Å². The molecule has 0 fully saturated rings. The standard InChI is InChI=1S/C11H13N7O/c1-7-10-15-16-11(18(10)6-5-12-14-7)8-3-2-4-9(13-8)17-19/h2-4,7,12,14H,5-6H2,1H3/t7-/m1/s1. The zero-order valence-corrected chi connectivity index (χ0v) is 10.4. The van der Waals surface area contributed by atoms with E-state index in [4.69, 9.17) is 0 Å². The Morgan fingerprint density at radius 1 is 1.42 bits per heavy atom. The van der Waals surface area contributed by atoms with E-state index in [1.165, 1.54) is 0 Å². The van der Waals surface area contributed by atoms with Gasteiger partial charge in [-0.25, -0.2) is 10.4 Å². The predicted octanol–water partition coefficient (Wildman–Crippen LogP) is 0.907. The lowest BCUT2D eigenvalue weighted by molar-refractivity contribution is 0.475. The Labute approximate surface area is 109 Å². The van der Waals surface area contributed by atoms with E-state index in [2.05, 4.69) is 31.2 Å². The molecule has 2 N–H and O–H groups in total. The van der Waals surface area contributed by atoms with E-state index in [1.54, 1.807) is 18.2 Å². The highest BCUT2D eigenvalue weighted by Gasteiger charge is 2.21. The Bertz CT molecular complexity index is 609. The van der Waals surface area contributed by atoms with Crippen molar-refractivity contribution in [2.45, 2.75) is 19.5 Å². The molecule has 0 bridgehead atoms. The van der Waals surface area contributed by atoms with Crippen molar-refractivity contribution in [2.75, 3.05) is 6.54 Å². The third kappa shape index (κ3) is 2.11. The summed E-state index contributed by atoms with van der Waals surface area (Å²) in [6.07, 6.45) is 0. The van der Waals surface area contributed by atoms with Crippen LogP contribution in [0.15, 0.2) is 23.4 Å². The molecule has 2 aromatic rings. The van der Waals surface area contributed by atoms with Crippen molar-refractivity contribution in [3.8, 4) is 11.5 Å². The van der Waals surface area contributed by atoms with Gasteiger partial charge in [-0.05, 0) is 24.2 Å². The van der Waals surface area contributed by atoms with Crippen molar-refractivity contribution in [2.24, 2.45) is 5.18 Å². The molecule has 19 heavy (non-hydrogen) atoms.